The highest BCUT2D eigenvalue weighted by Gasteiger charge is 2.57. The Labute approximate surface area is 186 Å². The van der Waals surface area contributed by atoms with Crippen LogP contribution in [0.2, 0.25) is 0 Å². The molecule has 0 radical (unpaired) electrons. The number of fused-ring (bicyclic) bond motifs is 5. The van der Waals surface area contributed by atoms with Gasteiger partial charge >= 0.3 is 0 Å². The van der Waals surface area contributed by atoms with Gasteiger partial charge in [-0.05, 0) is 111 Å². The highest BCUT2D eigenvalue weighted by atomic mass is 16.3. The van der Waals surface area contributed by atoms with Crippen molar-refractivity contribution in [3.8, 4) is 11.1 Å². The van der Waals surface area contributed by atoms with Crippen molar-refractivity contribution >= 4 is 0 Å². The zero-order chi connectivity index (χ0) is 20.8. The summed E-state index contributed by atoms with van der Waals surface area (Å²) >= 11 is 0. The minimum atomic E-state index is -0.125. The van der Waals surface area contributed by atoms with Crippen LogP contribution in [0.4, 0.5) is 0 Å². The maximum Gasteiger partial charge on any atom is 0.0602 e. The number of benzene rings is 1. The van der Waals surface area contributed by atoms with Gasteiger partial charge in [0.2, 0.25) is 0 Å². The first-order valence-electron chi connectivity index (χ1n) is 12.6. The second-order valence-corrected chi connectivity index (χ2v) is 10.8. The summed E-state index contributed by atoms with van der Waals surface area (Å²) < 4.78 is 0. The minimum absolute atomic E-state index is 0.104. The largest absolute Gasteiger partial charge is 0.393 e. The van der Waals surface area contributed by atoms with Crippen LogP contribution in [0, 0.1) is 29.1 Å². The average Bonchev–Trinajstić information content (AvgIpc) is 3.16. The predicted molar refractivity (Wildman–Crippen MR) is 125 cm³/mol. The second-order valence-electron chi connectivity index (χ2n) is 10.8. The number of hydrogen-bond acceptors (Lipinski definition) is 2. The quantitative estimate of drug-likeness (QED) is 0.575. The summed E-state index contributed by atoms with van der Waals surface area (Å²) in [5, 5.41) is 11.3. The Morgan fingerprint density at radius 3 is 2.68 bits per heavy atom. The molecule has 4 aliphatic rings. The van der Waals surface area contributed by atoms with Crippen molar-refractivity contribution in [2.75, 3.05) is 0 Å². The number of rotatable bonds is 3. The van der Waals surface area contributed by atoms with E-state index in [-0.39, 0.29) is 11.5 Å². The molecular weight excluding hydrogens is 378 g/mol. The van der Waals surface area contributed by atoms with Gasteiger partial charge in [0.1, 0.15) is 0 Å². The lowest BCUT2D eigenvalue weighted by Gasteiger charge is -2.54. The summed E-state index contributed by atoms with van der Waals surface area (Å²) in [5.41, 5.74) is 5.69. The fourth-order valence-electron chi connectivity index (χ4n) is 8.15. The highest BCUT2D eigenvalue weighted by Crippen LogP contribution is 2.63. The molecule has 2 nitrogen and oxygen atoms in total. The molecule has 3 fully saturated rings. The van der Waals surface area contributed by atoms with E-state index in [2.05, 4.69) is 41.4 Å². The molecule has 0 amide bonds. The summed E-state index contributed by atoms with van der Waals surface area (Å²) in [6.45, 7) is 0. The molecule has 0 bridgehead atoms. The Hall–Kier alpha value is -1.93. The van der Waals surface area contributed by atoms with E-state index in [4.69, 9.17) is 0 Å². The molecule has 162 valence electrons. The molecule has 2 aromatic rings. The number of aliphatic hydroxyl groups is 1. The predicted octanol–water partition coefficient (Wildman–Crippen LogP) is 6.59. The Morgan fingerprint density at radius 2 is 1.84 bits per heavy atom. The number of allylic oxidation sites excluding steroid dienone is 2. The number of pyridine rings is 1. The van der Waals surface area contributed by atoms with Crippen LogP contribution in [-0.4, -0.2) is 16.2 Å². The summed E-state index contributed by atoms with van der Waals surface area (Å²) in [4.78, 5) is 4.26. The van der Waals surface area contributed by atoms with E-state index in [0.29, 0.717) is 5.92 Å². The first kappa shape index (κ1) is 19.7. The first-order chi connectivity index (χ1) is 15.2. The van der Waals surface area contributed by atoms with Crippen molar-refractivity contribution in [2.45, 2.75) is 70.3 Å². The topological polar surface area (TPSA) is 33.1 Å². The van der Waals surface area contributed by atoms with Crippen LogP contribution in [0.5, 0.6) is 0 Å². The molecule has 0 aliphatic heterocycles. The van der Waals surface area contributed by atoms with Crippen molar-refractivity contribution in [2.24, 2.45) is 29.1 Å². The first-order valence-corrected chi connectivity index (χ1v) is 12.6. The molecule has 1 aromatic carbocycles. The zero-order valence-electron chi connectivity index (χ0n) is 18.5. The molecule has 1 aromatic heterocycles. The van der Waals surface area contributed by atoms with Crippen LogP contribution in [0.15, 0.2) is 60.4 Å². The maximum atomic E-state index is 11.3. The second kappa shape index (κ2) is 7.89. The van der Waals surface area contributed by atoms with Gasteiger partial charge in [-0.2, -0.15) is 0 Å². The third-order valence-electron chi connectivity index (χ3n) is 9.53. The Morgan fingerprint density at radius 1 is 0.935 bits per heavy atom. The van der Waals surface area contributed by atoms with Crippen LogP contribution >= 0.6 is 0 Å². The van der Waals surface area contributed by atoms with E-state index in [1.165, 1.54) is 68.1 Å². The molecule has 0 unspecified atom stereocenters. The zero-order valence-corrected chi connectivity index (χ0v) is 18.5. The number of nitrogens with zero attached hydrogens (tertiary/aromatic N) is 1. The maximum absolute atomic E-state index is 11.3. The van der Waals surface area contributed by atoms with Crippen LogP contribution in [0.3, 0.4) is 0 Å². The summed E-state index contributed by atoms with van der Waals surface area (Å²) in [6, 6.07) is 13.2. The molecule has 0 saturated heterocycles. The third-order valence-corrected chi connectivity index (χ3v) is 9.53. The van der Waals surface area contributed by atoms with Crippen molar-refractivity contribution in [3.05, 3.63) is 66.0 Å². The molecule has 4 aliphatic carbocycles. The Balaban J connectivity index is 1.26. The van der Waals surface area contributed by atoms with E-state index in [0.717, 1.165) is 30.6 Å². The van der Waals surface area contributed by atoms with Crippen LogP contribution in [0.25, 0.3) is 11.1 Å². The van der Waals surface area contributed by atoms with E-state index in [1.54, 1.807) is 5.57 Å². The standard InChI is InChI=1S/C29H35NO/c31-28-14-13-27-26-12-11-22-4-1-2-6-24(22)25(26)15-16-29(27,28)18-20-7-9-21(10-8-20)23-5-3-17-30-19-23/h3-5,7-10,17,19,24-28,31H,1-2,6,11-16,18H2/t24-,25+,26+,27-,28-,29+/m0/s1. The van der Waals surface area contributed by atoms with Gasteiger partial charge in [-0.1, -0.05) is 42.0 Å². The number of aliphatic hydroxyl groups excluding tert-OH is 1. The molecule has 1 N–H and O–H groups in total. The van der Waals surface area contributed by atoms with Crippen LogP contribution in [0.1, 0.15) is 63.4 Å². The van der Waals surface area contributed by atoms with Gasteiger partial charge in [-0.3, -0.25) is 4.98 Å². The molecule has 3 saturated carbocycles. The van der Waals surface area contributed by atoms with Gasteiger partial charge < -0.3 is 5.11 Å². The molecule has 1 heterocycles. The van der Waals surface area contributed by atoms with Gasteiger partial charge in [0, 0.05) is 17.8 Å². The van der Waals surface area contributed by atoms with Crippen LogP contribution in [-0.2, 0) is 6.42 Å². The Bertz CT molecular complexity index is 948. The van der Waals surface area contributed by atoms with Gasteiger partial charge in [0.25, 0.3) is 0 Å². The lowest BCUT2D eigenvalue weighted by Crippen LogP contribution is -2.49. The monoisotopic (exact) mass is 413 g/mol. The fraction of sp³-hybridized carbons (Fsp3) is 0.552. The number of hydrogen-bond donors (Lipinski definition) is 1. The molecule has 0 spiro atoms. The molecule has 6 rings (SSSR count). The summed E-state index contributed by atoms with van der Waals surface area (Å²) in [6.07, 6.45) is 18.9. The lowest BCUT2D eigenvalue weighted by atomic mass is 9.50. The van der Waals surface area contributed by atoms with Gasteiger partial charge in [-0.25, -0.2) is 0 Å². The summed E-state index contributed by atoms with van der Waals surface area (Å²) in [7, 11) is 0. The van der Waals surface area contributed by atoms with E-state index in [9.17, 15) is 5.11 Å². The normalized spacial score (nSPS) is 36.8. The molecular formula is C29H35NO. The number of aromatic nitrogens is 1. The van der Waals surface area contributed by atoms with Crippen molar-refractivity contribution in [1.29, 1.82) is 0 Å². The molecule has 6 atom stereocenters. The van der Waals surface area contributed by atoms with Gasteiger partial charge in [0.15, 0.2) is 0 Å². The van der Waals surface area contributed by atoms with E-state index >= 15 is 0 Å². The SMILES string of the molecule is O[C@H]1CC[C@H]2[C@@H]3CCC4=CCCC[C@@H]4[C@H]3CC[C@]12Cc1ccc(-c2cccnc2)cc1. The van der Waals surface area contributed by atoms with Crippen molar-refractivity contribution in [3.63, 3.8) is 0 Å². The minimum Gasteiger partial charge on any atom is -0.393 e. The summed E-state index contributed by atoms with van der Waals surface area (Å²) in [5.74, 6) is 3.29. The molecule has 31 heavy (non-hydrogen) atoms. The lowest BCUT2D eigenvalue weighted by molar-refractivity contribution is -0.0649. The van der Waals surface area contributed by atoms with E-state index < -0.39 is 0 Å². The smallest absolute Gasteiger partial charge is 0.0602 e. The van der Waals surface area contributed by atoms with Crippen LogP contribution < -0.4 is 0 Å². The third kappa shape index (κ3) is 3.30. The van der Waals surface area contributed by atoms with Gasteiger partial charge in [-0.15, -0.1) is 0 Å². The Kier molecular flexibility index (Phi) is 5.02. The van der Waals surface area contributed by atoms with E-state index in [1.807, 2.05) is 18.5 Å². The fourth-order valence-corrected chi connectivity index (χ4v) is 8.15. The average molecular weight is 414 g/mol. The van der Waals surface area contributed by atoms with Crippen molar-refractivity contribution < 1.29 is 5.11 Å². The van der Waals surface area contributed by atoms with Gasteiger partial charge in [0.05, 0.1) is 6.10 Å². The van der Waals surface area contributed by atoms with Crippen molar-refractivity contribution in [1.82, 2.24) is 4.98 Å². The molecule has 2 heteroatoms. The highest BCUT2D eigenvalue weighted by molar-refractivity contribution is 5.62.